The summed E-state index contributed by atoms with van der Waals surface area (Å²) in [7, 11) is 1.61. The number of aryl methyl sites for hydroxylation is 1. The Hall–Kier alpha value is -3.63. The van der Waals surface area contributed by atoms with Crippen LogP contribution in [0.2, 0.25) is 5.02 Å². The third-order valence-corrected chi connectivity index (χ3v) is 6.67. The molecule has 0 fully saturated rings. The molecule has 4 rings (SSSR count). The molecule has 4 aromatic rings. The van der Waals surface area contributed by atoms with Gasteiger partial charge in [-0.05, 0) is 39.9 Å². The molecule has 178 valence electrons. The molecule has 1 unspecified atom stereocenters. The van der Waals surface area contributed by atoms with E-state index in [-0.39, 0.29) is 18.4 Å². The third-order valence-electron chi connectivity index (χ3n) is 6.30. The average Bonchev–Trinajstić information content (AvgIpc) is 2.90. The van der Waals surface area contributed by atoms with E-state index in [1.54, 1.807) is 11.9 Å². The lowest BCUT2D eigenvalue weighted by atomic mass is 9.99. The summed E-state index contributed by atoms with van der Waals surface area (Å²) in [4.78, 5) is 28.5. The number of rotatable bonds is 9. The van der Waals surface area contributed by atoms with Gasteiger partial charge in [-0.2, -0.15) is 0 Å². The van der Waals surface area contributed by atoms with Crippen LogP contribution < -0.4 is 5.32 Å². The highest BCUT2D eigenvalue weighted by Gasteiger charge is 2.30. The molecule has 0 spiro atoms. The highest BCUT2D eigenvalue weighted by Crippen LogP contribution is 2.23. The van der Waals surface area contributed by atoms with Crippen molar-refractivity contribution in [1.82, 2.24) is 10.2 Å². The molecule has 0 aliphatic heterocycles. The summed E-state index contributed by atoms with van der Waals surface area (Å²) in [6.45, 7) is 0.263. The SMILES string of the molecule is CNC(=O)C(Cc1ccccc1)N(Cc1ccccc1Cl)C(=O)CCc1cccc2ccccc12. The molecule has 5 heteroatoms. The van der Waals surface area contributed by atoms with Crippen molar-refractivity contribution in [3.63, 3.8) is 0 Å². The van der Waals surface area contributed by atoms with Gasteiger partial charge in [0.2, 0.25) is 11.8 Å². The van der Waals surface area contributed by atoms with Gasteiger partial charge < -0.3 is 10.2 Å². The fraction of sp³-hybridized carbons (Fsp3) is 0.200. The minimum Gasteiger partial charge on any atom is -0.357 e. The molecule has 0 aliphatic carbocycles. The Morgan fingerprint density at radius 2 is 1.49 bits per heavy atom. The van der Waals surface area contributed by atoms with Crippen LogP contribution in [-0.2, 0) is 29.0 Å². The first-order valence-corrected chi connectivity index (χ1v) is 12.2. The van der Waals surface area contributed by atoms with Crippen molar-refractivity contribution in [2.24, 2.45) is 0 Å². The molecule has 4 aromatic carbocycles. The van der Waals surface area contributed by atoms with Gasteiger partial charge in [-0.3, -0.25) is 9.59 Å². The highest BCUT2D eigenvalue weighted by molar-refractivity contribution is 6.31. The van der Waals surface area contributed by atoms with Crippen LogP contribution in [0.15, 0.2) is 97.1 Å². The van der Waals surface area contributed by atoms with E-state index in [9.17, 15) is 9.59 Å². The summed E-state index contributed by atoms with van der Waals surface area (Å²) in [6, 6.07) is 30.9. The van der Waals surface area contributed by atoms with E-state index >= 15 is 0 Å². The smallest absolute Gasteiger partial charge is 0.242 e. The lowest BCUT2D eigenvalue weighted by Gasteiger charge is -2.31. The van der Waals surface area contributed by atoms with Crippen LogP contribution in [0.5, 0.6) is 0 Å². The molecule has 0 aliphatic rings. The Morgan fingerprint density at radius 1 is 0.829 bits per heavy atom. The maximum absolute atomic E-state index is 13.7. The topological polar surface area (TPSA) is 49.4 Å². The molecule has 0 heterocycles. The summed E-state index contributed by atoms with van der Waals surface area (Å²) in [5.41, 5.74) is 2.93. The number of hydrogen-bond donors (Lipinski definition) is 1. The van der Waals surface area contributed by atoms with Crippen LogP contribution in [0.3, 0.4) is 0 Å². The first kappa shape index (κ1) is 24.5. The fourth-order valence-electron chi connectivity index (χ4n) is 4.43. The zero-order chi connectivity index (χ0) is 24.6. The molecule has 35 heavy (non-hydrogen) atoms. The van der Waals surface area contributed by atoms with Gasteiger partial charge in [0.15, 0.2) is 0 Å². The van der Waals surface area contributed by atoms with Gasteiger partial charge in [0, 0.05) is 31.5 Å². The minimum absolute atomic E-state index is 0.0811. The van der Waals surface area contributed by atoms with Gasteiger partial charge in [0.1, 0.15) is 6.04 Å². The van der Waals surface area contributed by atoms with E-state index in [2.05, 4.69) is 29.6 Å². The maximum Gasteiger partial charge on any atom is 0.242 e. The molecule has 2 amide bonds. The molecule has 0 saturated heterocycles. The molecule has 0 bridgehead atoms. The third kappa shape index (κ3) is 6.09. The van der Waals surface area contributed by atoms with Crippen molar-refractivity contribution in [3.8, 4) is 0 Å². The molecular weight excluding hydrogens is 456 g/mol. The van der Waals surface area contributed by atoms with Crippen LogP contribution >= 0.6 is 11.6 Å². The Balaban J connectivity index is 1.63. The van der Waals surface area contributed by atoms with Crippen LogP contribution in [0, 0.1) is 0 Å². The molecular formula is C30H29ClN2O2. The van der Waals surface area contributed by atoms with Crippen molar-refractivity contribution >= 4 is 34.2 Å². The summed E-state index contributed by atoms with van der Waals surface area (Å²) < 4.78 is 0. The molecule has 0 saturated carbocycles. The van der Waals surface area contributed by atoms with Crippen molar-refractivity contribution < 1.29 is 9.59 Å². The van der Waals surface area contributed by atoms with Crippen molar-refractivity contribution in [3.05, 3.63) is 119 Å². The number of benzene rings is 4. The van der Waals surface area contributed by atoms with Gasteiger partial charge in [-0.25, -0.2) is 0 Å². The van der Waals surface area contributed by atoms with E-state index in [0.29, 0.717) is 24.3 Å². The van der Waals surface area contributed by atoms with E-state index in [1.165, 1.54) is 0 Å². The summed E-state index contributed by atoms with van der Waals surface area (Å²) in [6.07, 6.45) is 1.30. The zero-order valence-electron chi connectivity index (χ0n) is 19.8. The monoisotopic (exact) mass is 484 g/mol. The lowest BCUT2D eigenvalue weighted by molar-refractivity contribution is -0.141. The Bertz CT molecular complexity index is 1300. The Morgan fingerprint density at radius 3 is 2.26 bits per heavy atom. The zero-order valence-corrected chi connectivity index (χ0v) is 20.5. The number of halogens is 1. The van der Waals surface area contributed by atoms with Crippen LogP contribution in [0.4, 0.5) is 0 Å². The molecule has 0 aromatic heterocycles. The predicted molar refractivity (Wildman–Crippen MR) is 142 cm³/mol. The minimum atomic E-state index is -0.654. The van der Waals surface area contributed by atoms with Crippen molar-refractivity contribution in [2.45, 2.75) is 31.8 Å². The molecule has 0 radical (unpaired) electrons. The second-order valence-electron chi connectivity index (χ2n) is 8.57. The number of carbonyl (C=O) groups excluding carboxylic acids is 2. The normalized spacial score (nSPS) is 11.7. The van der Waals surface area contributed by atoms with Crippen molar-refractivity contribution in [1.29, 1.82) is 0 Å². The second-order valence-corrected chi connectivity index (χ2v) is 8.98. The highest BCUT2D eigenvalue weighted by atomic mass is 35.5. The quantitative estimate of drug-likeness (QED) is 0.326. The standard InChI is InChI=1S/C30H29ClN2O2/c1-32-30(35)28(20-22-10-3-2-4-11-22)33(21-25-13-6-8-17-27(25)31)29(34)19-18-24-15-9-14-23-12-5-7-16-26(23)24/h2-17,28H,18-21H2,1H3,(H,32,35). The largest absolute Gasteiger partial charge is 0.357 e. The van der Waals surface area contributed by atoms with Gasteiger partial charge in [-0.1, -0.05) is 103 Å². The molecule has 1 atom stereocenters. The maximum atomic E-state index is 13.7. The van der Waals surface area contributed by atoms with Crippen LogP contribution in [0.1, 0.15) is 23.1 Å². The fourth-order valence-corrected chi connectivity index (χ4v) is 4.62. The Kier molecular flexibility index (Phi) is 8.17. The second kappa shape index (κ2) is 11.7. The number of nitrogens with zero attached hydrogens (tertiary/aromatic N) is 1. The summed E-state index contributed by atoms with van der Waals surface area (Å²) in [5.74, 6) is -0.276. The van der Waals surface area contributed by atoms with E-state index in [4.69, 9.17) is 11.6 Å². The van der Waals surface area contributed by atoms with E-state index in [0.717, 1.165) is 27.5 Å². The summed E-state index contributed by atoms with van der Waals surface area (Å²) in [5, 5.41) is 5.63. The van der Waals surface area contributed by atoms with E-state index in [1.807, 2.05) is 72.8 Å². The first-order chi connectivity index (χ1) is 17.1. The van der Waals surface area contributed by atoms with Crippen molar-refractivity contribution in [2.75, 3.05) is 7.05 Å². The number of likely N-dealkylation sites (N-methyl/N-ethyl adjacent to an activating group) is 1. The number of fused-ring (bicyclic) bond motifs is 1. The predicted octanol–water partition coefficient (Wildman–Crippen LogP) is 5.81. The van der Waals surface area contributed by atoms with Gasteiger partial charge >= 0.3 is 0 Å². The van der Waals surface area contributed by atoms with Gasteiger partial charge in [-0.15, -0.1) is 0 Å². The molecule has 4 nitrogen and oxygen atoms in total. The number of nitrogens with one attached hydrogen (secondary N) is 1. The van der Waals surface area contributed by atoms with Crippen LogP contribution in [-0.4, -0.2) is 29.8 Å². The summed E-state index contributed by atoms with van der Waals surface area (Å²) >= 11 is 6.45. The number of hydrogen-bond acceptors (Lipinski definition) is 2. The van der Waals surface area contributed by atoms with E-state index < -0.39 is 6.04 Å². The first-order valence-electron chi connectivity index (χ1n) is 11.8. The Labute approximate surface area is 211 Å². The lowest BCUT2D eigenvalue weighted by Crippen LogP contribution is -2.49. The van der Waals surface area contributed by atoms with Crippen LogP contribution in [0.25, 0.3) is 10.8 Å². The number of amides is 2. The van der Waals surface area contributed by atoms with Gasteiger partial charge in [0.05, 0.1) is 0 Å². The average molecular weight is 485 g/mol. The molecule has 1 N–H and O–H groups in total. The van der Waals surface area contributed by atoms with Gasteiger partial charge in [0.25, 0.3) is 0 Å². The number of carbonyl (C=O) groups is 2.